The number of benzene rings is 1. The second-order valence-corrected chi connectivity index (χ2v) is 6.84. The first-order valence-corrected chi connectivity index (χ1v) is 9.29. The van der Waals surface area contributed by atoms with Crippen LogP contribution in [0.15, 0.2) is 52.7 Å². The minimum atomic E-state index is -0.550. The predicted octanol–water partition coefficient (Wildman–Crippen LogP) is 1.23. The van der Waals surface area contributed by atoms with Crippen LogP contribution in [0.5, 0.6) is 0 Å². The quantitative estimate of drug-likeness (QED) is 0.381. The van der Waals surface area contributed by atoms with E-state index in [-0.39, 0.29) is 11.1 Å². The van der Waals surface area contributed by atoms with Gasteiger partial charge in [-0.3, -0.25) is 4.79 Å². The summed E-state index contributed by atoms with van der Waals surface area (Å²) >= 11 is 1.46. The molecule has 2 aromatic rings. The summed E-state index contributed by atoms with van der Waals surface area (Å²) in [5, 5.41) is 18.7. The highest BCUT2D eigenvalue weighted by atomic mass is 32.2. The monoisotopic (exact) mass is 397 g/mol. The van der Waals surface area contributed by atoms with E-state index < -0.39 is 5.97 Å². The van der Waals surface area contributed by atoms with E-state index in [1.807, 2.05) is 30.3 Å². The minimum absolute atomic E-state index is 0.234. The number of tetrazole rings is 1. The number of aromatic nitrogens is 7. The first-order valence-electron chi connectivity index (χ1n) is 8.30. The van der Waals surface area contributed by atoms with E-state index in [0.717, 1.165) is 5.69 Å². The number of carbonyl (C=O) groups excluding carboxylic acids is 1. The molecule has 0 saturated carbocycles. The summed E-state index contributed by atoms with van der Waals surface area (Å²) in [5.74, 6) is 0.0716. The number of carbonyl (C=O) groups is 1. The number of hydrogen-bond donors (Lipinski definition) is 1. The van der Waals surface area contributed by atoms with Crippen molar-refractivity contribution in [2.45, 2.75) is 11.7 Å². The maximum atomic E-state index is 12.0. The summed E-state index contributed by atoms with van der Waals surface area (Å²) in [7, 11) is 1.29. The topological polar surface area (TPSA) is 121 Å². The Kier molecular flexibility index (Phi) is 4.89. The van der Waals surface area contributed by atoms with Gasteiger partial charge in [-0.1, -0.05) is 30.0 Å². The number of esters is 1. The zero-order valence-electron chi connectivity index (χ0n) is 14.8. The van der Waals surface area contributed by atoms with Crippen LogP contribution < -0.4 is 5.56 Å². The lowest BCUT2D eigenvalue weighted by atomic mass is 10.1. The van der Waals surface area contributed by atoms with Gasteiger partial charge in [0.05, 0.1) is 18.4 Å². The van der Waals surface area contributed by atoms with Crippen LogP contribution in [0.2, 0.25) is 0 Å². The smallest absolute Gasteiger partial charge is 0.341 e. The number of para-hydroxylation sites is 1. The third kappa shape index (κ3) is 3.39. The van der Waals surface area contributed by atoms with Crippen LogP contribution in [0.4, 0.5) is 0 Å². The number of hydrogen-bond acceptors (Lipinski definition) is 8. The molecule has 0 unspecified atom stereocenters. The Hall–Kier alpha value is -3.47. The lowest BCUT2D eigenvalue weighted by molar-refractivity contribution is 0.0600. The van der Waals surface area contributed by atoms with E-state index in [0.29, 0.717) is 28.7 Å². The van der Waals surface area contributed by atoms with Gasteiger partial charge < -0.3 is 9.30 Å². The SMILES string of the molecule is COC(=O)c1cn(CCSc2nnnn2-c2ccccc2)cc2c(=O)[nH]nc1-2. The van der Waals surface area contributed by atoms with Gasteiger partial charge in [-0.15, -0.1) is 5.10 Å². The van der Waals surface area contributed by atoms with E-state index in [4.69, 9.17) is 4.74 Å². The molecule has 0 amide bonds. The van der Waals surface area contributed by atoms with E-state index >= 15 is 0 Å². The van der Waals surface area contributed by atoms with Crippen molar-refractivity contribution in [2.24, 2.45) is 0 Å². The molecule has 142 valence electrons. The molecule has 0 fully saturated rings. The summed E-state index contributed by atoms with van der Waals surface area (Å²) in [6.07, 6.45) is 3.28. The first kappa shape index (κ1) is 17.9. The highest BCUT2D eigenvalue weighted by Crippen LogP contribution is 2.22. The van der Waals surface area contributed by atoms with Gasteiger partial charge in [0.2, 0.25) is 5.16 Å². The molecule has 10 nitrogen and oxygen atoms in total. The van der Waals surface area contributed by atoms with Crippen molar-refractivity contribution in [3.8, 4) is 16.9 Å². The number of nitrogens with zero attached hydrogens (tertiary/aromatic N) is 6. The van der Waals surface area contributed by atoms with Gasteiger partial charge in [-0.05, 0) is 22.6 Å². The van der Waals surface area contributed by atoms with Crippen LogP contribution in [0.3, 0.4) is 0 Å². The molecule has 28 heavy (non-hydrogen) atoms. The molecule has 0 bridgehead atoms. The molecule has 0 aliphatic carbocycles. The summed E-state index contributed by atoms with van der Waals surface area (Å²) in [6.45, 7) is 0.525. The molecule has 1 aromatic heterocycles. The fourth-order valence-corrected chi connectivity index (χ4v) is 3.56. The predicted molar refractivity (Wildman–Crippen MR) is 101 cm³/mol. The zero-order chi connectivity index (χ0) is 19.5. The largest absolute Gasteiger partial charge is 0.465 e. The number of aromatic amines is 1. The van der Waals surface area contributed by atoms with Crippen molar-refractivity contribution >= 4 is 17.7 Å². The number of ether oxygens (including phenoxy) is 1. The average molecular weight is 397 g/mol. The van der Waals surface area contributed by atoms with Crippen molar-refractivity contribution in [3.63, 3.8) is 0 Å². The number of thioether (sulfide) groups is 1. The van der Waals surface area contributed by atoms with Crippen LogP contribution >= 0.6 is 11.8 Å². The van der Waals surface area contributed by atoms with Gasteiger partial charge in [0, 0.05) is 24.7 Å². The Morgan fingerprint density at radius 2 is 2.07 bits per heavy atom. The molecule has 4 rings (SSSR count). The first-order chi connectivity index (χ1) is 13.7. The molecule has 2 aliphatic rings. The standard InChI is InChI=1S/C17H15N7O3S/c1-27-16(26)13-10-23(9-12-14(13)18-19-15(12)25)7-8-28-17-20-21-22-24(17)11-5-3-2-4-6-11/h2-6,9-10H,7-8H2,1H3,(H,19,25). The van der Waals surface area contributed by atoms with E-state index in [1.54, 1.807) is 21.6 Å². The van der Waals surface area contributed by atoms with Crippen molar-refractivity contribution in [3.05, 3.63) is 58.6 Å². The number of rotatable bonds is 6. The normalized spacial score (nSPS) is 11.0. The van der Waals surface area contributed by atoms with Crippen LogP contribution in [0.25, 0.3) is 16.9 Å². The van der Waals surface area contributed by atoms with Gasteiger partial charge in [-0.2, -0.15) is 9.78 Å². The summed E-state index contributed by atoms with van der Waals surface area (Å²) in [5.41, 5.74) is 1.38. The van der Waals surface area contributed by atoms with Crippen LogP contribution in [0.1, 0.15) is 10.4 Å². The summed E-state index contributed by atoms with van der Waals surface area (Å²) < 4.78 is 8.21. The Labute approximate surface area is 162 Å². The third-order valence-corrected chi connectivity index (χ3v) is 4.94. The molecular formula is C17H15N7O3S. The summed E-state index contributed by atoms with van der Waals surface area (Å²) in [4.78, 5) is 24.0. The Morgan fingerprint density at radius 3 is 2.86 bits per heavy atom. The van der Waals surface area contributed by atoms with Crippen LogP contribution in [-0.2, 0) is 11.3 Å². The molecule has 0 radical (unpaired) electrons. The van der Waals surface area contributed by atoms with Gasteiger partial charge in [0.25, 0.3) is 5.56 Å². The van der Waals surface area contributed by atoms with Crippen LogP contribution in [0, 0.1) is 0 Å². The maximum Gasteiger partial charge on any atom is 0.341 e. The minimum Gasteiger partial charge on any atom is -0.465 e. The molecule has 0 atom stereocenters. The lowest BCUT2D eigenvalue weighted by Crippen LogP contribution is -2.13. The Balaban J connectivity index is 1.54. The molecule has 2 aliphatic heterocycles. The Morgan fingerprint density at radius 1 is 1.25 bits per heavy atom. The molecule has 0 spiro atoms. The van der Waals surface area contributed by atoms with Gasteiger partial charge in [0.1, 0.15) is 11.3 Å². The number of fused-ring (bicyclic) bond motifs is 1. The number of nitrogens with one attached hydrogen (secondary N) is 1. The zero-order valence-corrected chi connectivity index (χ0v) is 15.6. The highest BCUT2D eigenvalue weighted by Gasteiger charge is 2.21. The molecule has 11 heteroatoms. The van der Waals surface area contributed by atoms with E-state index in [9.17, 15) is 9.59 Å². The number of H-pyrrole nitrogens is 1. The second-order valence-electron chi connectivity index (χ2n) is 5.77. The van der Waals surface area contributed by atoms with Gasteiger partial charge >= 0.3 is 5.97 Å². The fraction of sp³-hybridized carbons (Fsp3) is 0.176. The molecule has 1 aromatic carbocycles. The number of methoxy groups -OCH3 is 1. The van der Waals surface area contributed by atoms with E-state index in [2.05, 4.69) is 25.7 Å². The number of aryl methyl sites for hydroxylation is 1. The van der Waals surface area contributed by atoms with E-state index in [1.165, 1.54) is 18.9 Å². The van der Waals surface area contributed by atoms with Crippen molar-refractivity contribution in [1.82, 2.24) is 35.0 Å². The molecule has 1 N–H and O–H groups in total. The second kappa shape index (κ2) is 7.64. The van der Waals surface area contributed by atoms with Crippen molar-refractivity contribution in [2.75, 3.05) is 12.9 Å². The third-order valence-electron chi connectivity index (χ3n) is 4.04. The van der Waals surface area contributed by atoms with Gasteiger partial charge in [-0.25, -0.2) is 9.89 Å². The molecule has 3 heterocycles. The maximum absolute atomic E-state index is 12.0. The number of pyridine rings is 1. The Bertz CT molecular complexity index is 1140. The summed E-state index contributed by atoms with van der Waals surface area (Å²) in [6, 6.07) is 9.58. The molecular weight excluding hydrogens is 382 g/mol. The molecule has 0 saturated heterocycles. The lowest BCUT2D eigenvalue weighted by Gasteiger charge is -2.11. The van der Waals surface area contributed by atoms with Crippen molar-refractivity contribution in [1.29, 1.82) is 0 Å². The average Bonchev–Trinajstić information content (AvgIpc) is 3.35. The van der Waals surface area contributed by atoms with Crippen LogP contribution in [-0.4, -0.2) is 53.8 Å². The van der Waals surface area contributed by atoms with Gasteiger partial charge in [0.15, 0.2) is 0 Å². The fourth-order valence-electron chi connectivity index (χ4n) is 2.72. The van der Waals surface area contributed by atoms with Crippen molar-refractivity contribution < 1.29 is 9.53 Å². The highest BCUT2D eigenvalue weighted by molar-refractivity contribution is 7.99.